The molecule has 3 atom stereocenters. The monoisotopic (exact) mass is 294 g/mol. The summed E-state index contributed by atoms with van der Waals surface area (Å²) in [7, 11) is 0. The van der Waals surface area contributed by atoms with Gasteiger partial charge in [-0.25, -0.2) is 0 Å². The number of aryl methyl sites for hydroxylation is 2. The van der Waals surface area contributed by atoms with Gasteiger partial charge in [-0.2, -0.15) is 0 Å². The van der Waals surface area contributed by atoms with Crippen molar-refractivity contribution in [2.75, 3.05) is 0 Å². The van der Waals surface area contributed by atoms with E-state index in [0.29, 0.717) is 0 Å². The van der Waals surface area contributed by atoms with E-state index >= 15 is 0 Å². The first kappa shape index (κ1) is 15.5. The zero-order valence-corrected chi connectivity index (χ0v) is 13.8. The van der Waals surface area contributed by atoms with Crippen LogP contribution in [-0.4, -0.2) is 11.4 Å². The fourth-order valence-electron chi connectivity index (χ4n) is 3.26. The molecule has 1 aromatic heterocycles. The number of nitrogens with two attached hydrogens (primary N) is 1. The van der Waals surface area contributed by atoms with Crippen molar-refractivity contribution in [2.45, 2.75) is 65.0 Å². The Balaban J connectivity index is 2.05. The second-order valence-electron chi connectivity index (χ2n) is 6.40. The van der Waals surface area contributed by atoms with E-state index < -0.39 is 0 Å². The molecule has 3 nitrogen and oxygen atoms in total. The average Bonchev–Trinajstić information content (AvgIpc) is 2.67. The van der Waals surface area contributed by atoms with Gasteiger partial charge in [-0.05, 0) is 52.2 Å². The van der Waals surface area contributed by atoms with Crippen LogP contribution in [-0.2, 0) is 4.79 Å². The molecule has 3 N–H and O–H groups in total. The predicted molar refractivity (Wildman–Crippen MR) is 84.9 cm³/mol. The first-order valence-corrected chi connectivity index (χ1v) is 8.29. The topological polar surface area (TPSA) is 55.1 Å². The van der Waals surface area contributed by atoms with Crippen LogP contribution in [0.3, 0.4) is 0 Å². The number of amides is 1. The zero-order valence-electron chi connectivity index (χ0n) is 13.0. The van der Waals surface area contributed by atoms with E-state index in [1.165, 1.54) is 15.3 Å². The largest absolute Gasteiger partial charge is 0.349 e. The van der Waals surface area contributed by atoms with Crippen LogP contribution in [0.1, 0.15) is 60.9 Å². The molecule has 2 rings (SSSR count). The van der Waals surface area contributed by atoms with E-state index in [2.05, 4.69) is 32.2 Å². The Kier molecular flexibility index (Phi) is 4.55. The third-order valence-electron chi connectivity index (χ3n) is 4.48. The first-order valence-electron chi connectivity index (χ1n) is 7.47. The minimum atomic E-state index is -0.359. The van der Waals surface area contributed by atoms with Crippen molar-refractivity contribution >= 4 is 17.2 Å². The molecule has 4 heteroatoms. The summed E-state index contributed by atoms with van der Waals surface area (Å²) in [5, 5.41) is 3.16. The lowest BCUT2D eigenvalue weighted by Crippen LogP contribution is -2.53. The van der Waals surface area contributed by atoms with Crippen LogP contribution in [0.5, 0.6) is 0 Å². The third kappa shape index (κ3) is 3.23. The summed E-state index contributed by atoms with van der Waals surface area (Å²) in [4.78, 5) is 15.1. The van der Waals surface area contributed by atoms with Gasteiger partial charge in [-0.1, -0.05) is 12.8 Å². The standard InChI is InChI=1S/C16H26N2OS/c1-10-9-13(12(3)20-10)11(2)18-15(19)14-7-5-6-8-16(14,4)17/h9,11,14H,5-8,17H2,1-4H3,(H,18,19). The van der Waals surface area contributed by atoms with E-state index in [4.69, 9.17) is 5.73 Å². The van der Waals surface area contributed by atoms with Gasteiger partial charge >= 0.3 is 0 Å². The van der Waals surface area contributed by atoms with E-state index in [9.17, 15) is 4.79 Å². The summed E-state index contributed by atoms with van der Waals surface area (Å²) in [5.74, 6) is 0.0594. The van der Waals surface area contributed by atoms with Gasteiger partial charge in [0.2, 0.25) is 5.91 Å². The van der Waals surface area contributed by atoms with Crippen LogP contribution in [0.4, 0.5) is 0 Å². The molecule has 1 aliphatic carbocycles. The highest BCUT2D eigenvalue weighted by atomic mass is 32.1. The summed E-state index contributed by atoms with van der Waals surface area (Å²) in [6.07, 6.45) is 4.09. The van der Waals surface area contributed by atoms with Crippen molar-refractivity contribution in [3.8, 4) is 0 Å². The van der Waals surface area contributed by atoms with E-state index in [1.54, 1.807) is 11.3 Å². The van der Waals surface area contributed by atoms with Gasteiger partial charge in [-0.15, -0.1) is 11.3 Å². The summed E-state index contributed by atoms with van der Waals surface area (Å²) < 4.78 is 0. The number of rotatable bonds is 3. The lowest BCUT2D eigenvalue weighted by Gasteiger charge is -2.37. The van der Waals surface area contributed by atoms with Crippen LogP contribution in [0.2, 0.25) is 0 Å². The van der Waals surface area contributed by atoms with Gasteiger partial charge < -0.3 is 11.1 Å². The van der Waals surface area contributed by atoms with Crippen LogP contribution in [0.15, 0.2) is 6.07 Å². The Morgan fingerprint density at radius 1 is 1.50 bits per heavy atom. The first-order chi connectivity index (χ1) is 9.31. The second kappa shape index (κ2) is 5.86. The maximum Gasteiger partial charge on any atom is 0.225 e. The quantitative estimate of drug-likeness (QED) is 0.897. The SMILES string of the molecule is Cc1cc(C(C)NC(=O)C2CCCCC2(C)N)c(C)s1. The molecule has 1 saturated carbocycles. The van der Waals surface area contributed by atoms with E-state index in [1.807, 2.05) is 6.92 Å². The van der Waals surface area contributed by atoms with Gasteiger partial charge in [0.15, 0.2) is 0 Å². The van der Waals surface area contributed by atoms with Gasteiger partial charge in [0.25, 0.3) is 0 Å². The number of carbonyl (C=O) groups is 1. The maximum atomic E-state index is 12.5. The summed E-state index contributed by atoms with van der Waals surface area (Å²) in [6.45, 7) is 8.29. The predicted octanol–water partition coefficient (Wildman–Crippen LogP) is 3.45. The Morgan fingerprint density at radius 2 is 2.20 bits per heavy atom. The molecule has 20 heavy (non-hydrogen) atoms. The molecular weight excluding hydrogens is 268 g/mol. The van der Waals surface area contributed by atoms with Crippen molar-refractivity contribution in [3.05, 3.63) is 21.4 Å². The van der Waals surface area contributed by atoms with Crippen LogP contribution < -0.4 is 11.1 Å². The van der Waals surface area contributed by atoms with Gasteiger partial charge in [0.05, 0.1) is 12.0 Å². The summed E-state index contributed by atoms with van der Waals surface area (Å²) >= 11 is 1.78. The highest BCUT2D eigenvalue weighted by molar-refractivity contribution is 7.12. The second-order valence-corrected chi connectivity index (χ2v) is 7.86. The minimum absolute atomic E-state index is 0.0567. The highest BCUT2D eigenvalue weighted by Crippen LogP contribution is 2.33. The lowest BCUT2D eigenvalue weighted by molar-refractivity contribution is -0.128. The van der Waals surface area contributed by atoms with Crippen molar-refractivity contribution in [2.24, 2.45) is 11.7 Å². The molecule has 1 aromatic rings. The van der Waals surface area contributed by atoms with Crippen molar-refractivity contribution < 1.29 is 4.79 Å². The van der Waals surface area contributed by atoms with E-state index in [-0.39, 0.29) is 23.4 Å². The molecule has 0 radical (unpaired) electrons. The molecule has 1 aliphatic rings. The van der Waals surface area contributed by atoms with Crippen molar-refractivity contribution in [1.29, 1.82) is 0 Å². The molecule has 1 heterocycles. The zero-order chi connectivity index (χ0) is 14.9. The molecule has 0 bridgehead atoms. The molecule has 3 unspecified atom stereocenters. The molecule has 0 aliphatic heterocycles. The fourth-order valence-corrected chi connectivity index (χ4v) is 4.28. The molecule has 1 amide bonds. The fraction of sp³-hybridized carbons (Fsp3) is 0.688. The number of nitrogens with one attached hydrogen (secondary N) is 1. The number of thiophene rings is 1. The van der Waals surface area contributed by atoms with Crippen LogP contribution in [0, 0.1) is 19.8 Å². The molecule has 0 spiro atoms. The average molecular weight is 294 g/mol. The smallest absolute Gasteiger partial charge is 0.225 e. The summed E-state index contributed by atoms with van der Waals surface area (Å²) in [5.41, 5.74) is 7.18. The Bertz CT molecular complexity index is 493. The normalized spacial score (nSPS) is 28.1. The summed E-state index contributed by atoms with van der Waals surface area (Å²) in [6, 6.07) is 2.23. The Hall–Kier alpha value is -0.870. The van der Waals surface area contributed by atoms with Crippen molar-refractivity contribution in [3.63, 3.8) is 0 Å². The lowest BCUT2D eigenvalue weighted by atomic mass is 9.74. The number of carbonyl (C=O) groups excluding carboxylic acids is 1. The molecular formula is C16H26N2OS. The molecule has 1 fully saturated rings. The molecule has 0 aromatic carbocycles. The Labute approximate surface area is 125 Å². The third-order valence-corrected chi connectivity index (χ3v) is 5.46. The molecule has 112 valence electrons. The maximum absolute atomic E-state index is 12.5. The number of hydrogen-bond acceptors (Lipinski definition) is 3. The minimum Gasteiger partial charge on any atom is -0.349 e. The van der Waals surface area contributed by atoms with Crippen LogP contribution in [0.25, 0.3) is 0 Å². The van der Waals surface area contributed by atoms with Gasteiger partial charge in [-0.3, -0.25) is 4.79 Å². The van der Waals surface area contributed by atoms with E-state index in [0.717, 1.165) is 25.7 Å². The van der Waals surface area contributed by atoms with Gasteiger partial charge in [0, 0.05) is 15.3 Å². The molecule has 0 saturated heterocycles. The Morgan fingerprint density at radius 3 is 2.75 bits per heavy atom. The number of hydrogen-bond donors (Lipinski definition) is 2. The van der Waals surface area contributed by atoms with Crippen molar-refractivity contribution in [1.82, 2.24) is 5.32 Å². The van der Waals surface area contributed by atoms with Crippen LogP contribution >= 0.6 is 11.3 Å². The highest BCUT2D eigenvalue weighted by Gasteiger charge is 2.38. The van der Waals surface area contributed by atoms with Gasteiger partial charge in [0.1, 0.15) is 0 Å².